The third-order valence-corrected chi connectivity index (χ3v) is 8.78. The maximum Gasteiger partial charge on any atom is 0.494 e. The van der Waals surface area contributed by atoms with Crippen molar-refractivity contribution in [1.82, 2.24) is 20.2 Å². The summed E-state index contributed by atoms with van der Waals surface area (Å²) in [5, 5.41) is 14.5. The molecule has 1 aromatic carbocycles. The van der Waals surface area contributed by atoms with Crippen LogP contribution in [0.2, 0.25) is 0 Å². The minimum atomic E-state index is -0.811. The molecule has 1 saturated carbocycles. The number of carbonyl (C=O) groups is 1. The van der Waals surface area contributed by atoms with Gasteiger partial charge in [0, 0.05) is 18.3 Å². The molecule has 37 heavy (non-hydrogen) atoms. The number of hydrogen-bond acceptors (Lipinski definition) is 7. The van der Waals surface area contributed by atoms with Gasteiger partial charge >= 0.3 is 13.2 Å². The number of nitrogens with one attached hydrogen (secondary N) is 2. The lowest BCUT2D eigenvalue weighted by atomic mass is 9.79. The van der Waals surface area contributed by atoms with E-state index in [4.69, 9.17) is 19.0 Å². The number of aromatic nitrogens is 2. The highest BCUT2D eigenvalue weighted by molar-refractivity contribution is 6.62. The lowest BCUT2D eigenvalue weighted by Crippen LogP contribution is -2.60. The molecule has 9 nitrogen and oxygen atoms in total. The molecule has 0 bridgehead atoms. The van der Waals surface area contributed by atoms with E-state index in [1.807, 2.05) is 30.5 Å². The summed E-state index contributed by atoms with van der Waals surface area (Å²) in [6, 6.07) is 8.08. The lowest BCUT2D eigenvalue weighted by Gasteiger charge is -2.41. The van der Waals surface area contributed by atoms with Crippen molar-refractivity contribution in [3.8, 4) is 11.3 Å². The molecule has 3 fully saturated rings. The first kappa shape index (κ1) is 26.2. The van der Waals surface area contributed by atoms with E-state index in [9.17, 15) is 9.90 Å². The van der Waals surface area contributed by atoms with Gasteiger partial charge in [-0.2, -0.15) is 0 Å². The van der Waals surface area contributed by atoms with Gasteiger partial charge < -0.3 is 29.5 Å². The second-order valence-corrected chi connectivity index (χ2v) is 11.6. The largest absolute Gasteiger partial charge is 0.494 e. The first-order valence-electron chi connectivity index (χ1n) is 13.4. The van der Waals surface area contributed by atoms with Gasteiger partial charge in [-0.1, -0.05) is 37.1 Å². The van der Waals surface area contributed by atoms with Crippen molar-refractivity contribution >= 4 is 18.7 Å². The highest BCUT2D eigenvalue weighted by Crippen LogP contribution is 2.41. The number of amides is 1. The zero-order chi connectivity index (χ0) is 26.4. The van der Waals surface area contributed by atoms with Crippen LogP contribution in [-0.4, -0.2) is 69.8 Å². The number of benzene rings is 1. The Labute approximate surface area is 219 Å². The van der Waals surface area contributed by atoms with E-state index in [0.717, 1.165) is 67.6 Å². The van der Waals surface area contributed by atoms with Gasteiger partial charge in [-0.05, 0) is 58.8 Å². The predicted octanol–water partition coefficient (Wildman–Crippen LogP) is 3.50. The van der Waals surface area contributed by atoms with E-state index >= 15 is 0 Å². The molecule has 10 heteroatoms. The number of aliphatic hydroxyl groups excluding tert-OH is 1. The quantitative estimate of drug-likeness (QED) is 0.511. The van der Waals surface area contributed by atoms with E-state index in [-0.39, 0.29) is 17.2 Å². The summed E-state index contributed by atoms with van der Waals surface area (Å²) in [5.74, 6) is 0.827. The van der Waals surface area contributed by atoms with E-state index in [1.54, 1.807) is 0 Å². The number of imidazole rings is 1. The summed E-state index contributed by atoms with van der Waals surface area (Å²) in [4.78, 5) is 22.4. The normalized spacial score (nSPS) is 25.4. The molecule has 200 valence electrons. The number of nitrogens with zero attached hydrogens (tertiary/aromatic N) is 2. The highest BCUT2D eigenvalue weighted by Gasteiger charge is 2.52. The Bertz CT molecular complexity index is 1100. The van der Waals surface area contributed by atoms with Crippen molar-refractivity contribution in [2.45, 2.75) is 95.2 Å². The Hall–Kier alpha value is -2.40. The van der Waals surface area contributed by atoms with Crippen LogP contribution in [0.3, 0.4) is 0 Å². The van der Waals surface area contributed by atoms with E-state index in [0.29, 0.717) is 0 Å². The van der Waals surface area contributed by atoms with Gasteiger partial charge in [0.1, 0.15) is 12.1 Å². The number of H-pyrrole nitrogens is 1. The number of rotatable bonds is 6. The molecule has 5 rings (SSSR count). The molecule has 1 amide bonds. The Morgan fingerprint density at radius 3 is 2.43 bits per heavy atom. The van der Waals surface area contributed by atoms with Gasteiger partial charge in [-0.25, -0.2) is 9.78 Å². The summed E-state index contributed by atoms with van der Waals surface area (Å²) in [7, 11) is 0.957. The SMILES string of the molecule is COC(=O)NC1(C(O)N2CCC[C@H]2c2nc(-c3ccc(B4OC(C)(C)C(C)(C)O4)cc3)c[nH]2)CCCC1. The number of hydrogen-bond donors (Lipinski definition) is 3. The van der Waals surface area contributed by atoms with Crippen molar-refractivity contribution < 1.29 is 23.9 Å². The number of likely N-dealkylation sites (tertiary alicyclic amines) is 1. The first-order chi connectivity index (χ1) is 17.6. The standard InChI is InChI=1S/C27H39BN4O5/c1-25(2)26(3,4)37-28(36-25)19-12-10-18(11-13-19)20-17-29-22(30-20)21-9-8-16-32(21)23(33)27(14-6-7-15-27)31-24(34)35-5/h10-13,17,21,23,33H,6-9,14-16H2,1-5H3,(H,29,30)(H,31,34)/t21-,23?/m0/s1. The van der Waals surface area contributed by atoms with Crippen molar-refractivity contribution in [2.24, 2.45) is 0 Å². The summed E-state index contributed by atoms with van der Waals surface area (Å²) < 4.78 is 17.2. The minimum Gasteiger partial charge on any atom is -0.453 e. The van der Waals surface area contributed by atoms with Gasteiger partial charge in [0.05, 0.1) is 35.6 Å². The smallest absolute Gasteiger partial charge is 0.453 e. The van der Waals surface area contributed by atoms with E-state index in [1.165, 1.54) is 7.11 Å². The van der Waals surface area contributed by atoms with Crippen LogP contribution in [0.4, 0.5) is 4.79 Å². The number of methoxy groups -OCH3 is 1. The number of carbonyl (C=O) groups excluding carboxylic acids is 1. The molecule has 2 saturated heterocycles. The molecular formula is C27H39BN4O5. The lowest BCUT2D eigenvalue weighted by molar-refractivity contribution is -0.0717. The van der Waals surface area contributed by atoms with Crippen molar-refractivity contribution in [1.29, 1.82) is 0 Å². The summed E-state index contributed by atoms with van der Waals surface area (Å²) >= 11 is 0. The average Bonchev–Trinajstić information content (AvgIpc) is 3.65. The summed E-state index contributed by atoms with van der Waals surface area (Å²) in [6.45, 7) is 8.95. The Morgan fingerprint density at radius 2 is 1.81 bits per heavy atom. The third-order valence-electron chi connectivity index (χ3n) is 8.78. The fourth-order valence-electron chi connectivity index (χ4n) is 5.85. The second kappa shape index (κ2) is 9.73. The van der Waals surface area contributed by atoms with Crippen LogP contribution in [0.15, 0.2) is 30.5 Å². The molecule has 1 aliphatic carbocycles. The van der Waals surface area contributed by atoms with Crippen molar-refractivity contribution in [2.75, 3.05) is 13.7 Å². The molecule has 2 atom stereocenters. The van der Waals surface area contributed by atoms with Gasteiger partial charge in [0.2, 0.25) is 0 Å². The third kappa shape index (κ3) is 4.80. The highest BCUT2D eigenvalue weighted by atomic mass is 16.7. The van der Waals surface area contributed by atoms with Crippen molar-refractivity contribution in [3.63, 3.8) is 0 Å². The van der Waals surface area contributed by atoms with Gasteiger partial charge in [-0.15, -0.1) is 0 Å². The molecule has 0 radical (unpaired) electrons. The molecule has 3 heterocycles. The fraction of sp³-hybridized carbons (Fsp3) is 0.630. The molecular weight excluding hydrogens is 471 g/mol. The second-order valence-electron chi connectivity index (χ2n) is 11.6. The zero-order valence-electron chi connectivity index (χ0n) is 22.5. The van der Waals surface area contributed by atoms with Gasteiger partial charge in [0.25, 0.3) is 0 Å². The molecule has 1 aromatic heterocycles. The first-order valence-corrected chi connectivity index (χ1v) is 13.4. The van der Waals surface area contributed by atoms with Crippen LogP contribution in [0.25, 0.3) is 11.3 Å². The Balaban J connectivity index is 1.31. The average molecular weight is 510 g/mol. The molecule has 0 spiro atoms. The zero-order valence-corrected chi connectivity index (χ0v) is 22.5. The van der Waals surface area contributed by atoms with Gasteiger partial charge in [-0.3, -0.25) is 4.90 Å². The van der Waals surface area contributed by atoms with Crippen LogP contribution in [-0.2, 0) is 14.0 Å². The van der Waals surface area contributed by atoms with Crippen LogP contribution >= 0.6 is 0 Å². The molecule has 1 unspecified atom stereocenters. The van der Waals surface area contributed by atoms with Crippen LogP contribution in [0.1, 0.15) is 78.1 Å². The maximum atomic E-state index is 12.1. The monoisotopic (exact) mass is 510 g/mol. The fourth-order valence-corrected chi connectivity index (χ4v) is 5.85. The Kier molecular flexibility index (Phi) is 6.89. The number of aliphatic hydroxyl groups is 1. The maximum absolute atomic E-state index is 12.1. The Morgan fingerprint density at radius 1 is 1.16 bits per heavy atom. The molecule has 2 aliphatic heterocycles. The van der Waals surface area contributed by atoms with Crippen LogP contribution in [0, 0.1) is 0 Å². The molecule has 3 aliphatic rings. The van der Waals surface area contributed by atoms with Gasteiger partial charge in [0.15, 0.2) is 0 Å². The van der Waals surface area contributed by atoms with Crippen molar-refractivity contribution in [3.05, 3.63) is 36.3 Å². The van der Waals surface area contributed by atoms with E-state index in [2.05, 4.69) is 42.9 Å². The molecule has 3 N–H and O–H groups in total. The summed E-state index contributed by atoms with van der Waals surface area (Å²) in [6.07, 6.45) is 5.83. The molecule has 2 aromatic rings. The van der Waals surface area contributed by atoms with Crippen LogP contribution < -0.4 is 10.8 Å². The van der Waals surface area contributed by atoms with Crippen LogP contribution in [0.5, 0.6) is 0 Å². The number of alkyl carbamates (subject to hydrolysis) is 1. The number of aromatic amines is 1. The number of ether oxygens (including phenoxy) is 1. The predicted molar refractivity (Wildman–Crippen MR) is 141 cm³/mol. The topological polar surface area (TPSA) is 109 Å². The summed E-state index contributed by atoms with van der Waals surface area (Å²) in [5.41, 5.74) is 1.35. The van der Waals surface area contributed by atoms with E-state index < -0.39 is 25.0 Å². The minimum absolute atomic E-state index is 0.0512.